The smallest absolute Gasteiger partial charge is 0.336 e. The van der Waals surface area contributed by atoms with Gasteiger partial charge in [0.15, 0.2) is 11.5 Å². The molecule has 0 amide bonds. The number of nitrogens with zero attached hydrogens (tertiary/aromatic N) is 1. The van der Waals surface area contributed by atoms with E-state index in [1.165, 1.54) is 0 Å². The van der Waals surface area contributed by atoms with Gasteiger partial charge in [0, 0.05) is 30.9 Å². The quantitative estimate of drug-likeness (QED) is 0.325. The molecular weight excluding hydrogens is 486 g/mol. The fourth-order valence-electron chi connectivity index (χ4n) is 5.40. The molecule has 1 aliphatic carbocycles. The third-order valence-electron chi connectivity index (χ3n) is 7.10. The Morgan fingerprint density at radius 3 is 2.45 bits per heavy atom. The van der Waals surface area contributed by atoms with E-state index in [4.69, 9.17) is 28.7 Å². The number of hydrogen-bond acceptors (Lipinski definition) is 8. The molecule has 2 aromatic rings. The van der Waals surface area contributed by atoms with Gasteiger partial charge in [-0.05, 0) is 61.6 Å². The largest absolute Gasteiger partial charge is 0.494 e. The molecule has 2 aliphatic rings. The minimum atomic E-state index is -0.558. The fraction of sp³-hybridized carbons (Fsp3) is 0.433. The normalized spacial score (nSPS) is 20.9. The summed E-state index contributed by atoms with van der Waals surface area (Å²) in [5, 5.41) is 0. The van der Waals surface area contributed by atoms with Crippen LogP contribution in [-0.4, -0.2) is 58.6 Å². The second-order valence-corrected chi connectivity index (χ2v) is 9.38. The van der Waals surface area contributed by atoms with Crippen LogP contribution in [-0.2, 0) is 19.1 Å². The van der Waals surface area contributed by atoms with Crippen LogP contribution in [0.4, 0.5) is 0 Å². The van der Waals surface area contributed by atoms with Crippen LogP contribution >= 0.6 is 0 Å². The molecule has 0 N–H and O–H groups in total. The molecule has 1 saturated carbocycles. The zero-order chi connectivity index (χ0) is 27.2. The van der Waals surface area contributed by atoms with Crippen molar-refractivity contribution in [3.63, 3.8) is 0 Å². The Morgan fingerprint density at radius 2 is 1.74 bits per heavy atom. The van der Waals surface area contributed by atoms with Gasteiger partial charge in [0.2, 0.25) is 0 Å². The highest BCUT2D eigenvalue weighted by Crippen LogP contribution is 2.47. The van der Waals surface area contributed by atoms with Crippen molar-refractivity contribution in [2.75, 3.05) is 41.2 Å². The van der Waals surface area contributed by atoms with Crippen molar-refractivity contribution in [3.05, 3.63) is 64.9 Å². The molecule has 4 rings (SSSR count). The molecule has 1 unspecified atom stereocenters. The van der Waals surface area contributed by atoms with Crippen molar-refractivity contribution < 1.29 is 33.3 Å². The number of benzene rings is 2. The molecule has 0 bridgehead atoms. The number of hydrogen-bond donors (Lipinski definition) is 0. The van der Waals surface area contributed by atoms with Gasteiger partial charge in [0.05, 0.1) is 38.9 Å². The monoisotopic (exact) mass is 521 g/mol. The van der Waals surface area contributed by atoms with Crippen LogP contribution in [0.5, 0.6) is 17.2 Å². The van der Waals surface area contributed by atoms with Crippen molar-refractivity contribution in [2.24, 2.45) is 10.9 Å². The SMILES string of the molecule is CCOc1cccc([C@@H]2C(C(=O)OCCOC)=C(C)N=C3C[C@H](c4ccc(OC)c(OC)c4)CC(=O)C32)c1. The van der Waals surface area contributed by atoms with E-state index in [1.807, 2.05) is 49.4 Å². The minimum Gasteiger partial charge on any atom is -0.494 e. The van der Waals surface area contributed by atoms with Crippen molar-refractivity contribution in [2.45, 2.75) is 38.5 Å². The third kappa shape index (κ3) is 5.60. The highest BCUT2D eigenvalue weighted by Gasteiger charge is 2.46. The van der Waals surface area contributed by atoms with Gasteiger partial charge in [-0.15, -0.1) is 0 Å². The lowest BCUT2D eigenvalue weighted by Gasteiger charge is -2.38. The van der Waals surface area contributed by atoms with Gasteiger partial charge < -0.3 is 23.7 Å². The van der Waals surface area contributed by atoms with E-state index >= 15 is 0 Å². The van der Waals surface area contributed by atoms with E-state index in [9.17, 15) is 9.59 Å². The maximum atomic E-state index is 13.9. The number of carbonyl (C=O) groups excluding carboxylic acids is 2. The lowest BCUT2D eigenvalue weighted by molar-refractivity contribution is -0.140. The van der Waals surface area contributed by atoms with Gasteiger partial charge in [0.25, 0.3) is 0 Å². The number of ether oxygens (including phenoxy) is 5. The number of esters is 1. The van der Waals surface area contributed by atoms with Gasteiger partial charge in [0.1, 0.15) is 18.1 Å². The summed E-state index contributed by atoms with van der Waals surface area (Å²) < 4.78 is 27.1. The lowest BCUT2D eigenvalue weighted by atomic mass is 9.66. The number of Topliss-reactive ketones (excluding diaryl/α,β-unsaturated/α-hetero) is 1. The van der Waals surface area contributed by atoms with E-state index in [0.29, 0.717) is 48.0 Å². The second-order valence-electron chi connectivity index (χ2n) is 9.38. The van der Waals surface area contributed by atoms with Crippen LogP contribution in [0.1, 0.15) is 49.7 Å². The molecule has 0 spiro atoms. The fourth-order valence-corrected chi connectivity index (χ4v) is 5.40. The van der Waals surface area contributed by atoms with Gasteiger partial charge in [-0.1, -0.05) is 18.2 Å². The van der Waals surface area contributed by atoms with Crippen LogP contribution in [0.15, 0.2) is 58.7 Å². The molecule has 2 aromatic carbocycles. The molecule has 8 heteroatoms. The third-order valence-corrected chi connectivity index (χ3v) is 7.10. The molecule has 202 valence electrons. The summed E-state index contributed by atoms with van der Waals surface area (Å²) in [5.74, 6) is 0.360. The number of ketones is 1. The van der Waals surface area contributed by atoms with Crippen LogP contribution in [0, 0.1) is 5.92 Å². The molecule has 1 heterocycles. The van der Waals surface area contributed by atoms with Crippen LogP contribution < -0.4 is 14.2 Å². The molecule has 8 nitrogen and oxygen atoms in total. The highest BCUT2D eigenvalue weighted by atomic mass is 16.6. The molecule has 0 aromatic heterocycles. The molecule has 1 fully saturated rings. The Morgan fingerprint density at radius 1 is 0.947 bits per heavy atom. The summed E-state index contributed by atoms with van der Waals surface area (Å²) in [7, 11) is 4.74. The molecule has 38 heavy (non-hydrogen) atoms. The Balaban J connectivity index is 1.74. The standard InChI is InChI=1S/C30H35NO7/c1-6-37-22-9-7-8-20(14-22)28-27(30(33)38-13-12-34-3)18(2)31-23-15-21(16-24(32)29(23)28)19-10-11-25(35-4)26(17-19)36-5/h7-11,14,17,21,28-29H,6,12-13,15-16H2,1-5H3/t21-,28+,29?/m0/s1. The van der Waals surface area contributed by atoms with Gasteiger partial charge in [-0.25, -0.2) is 4.79 Å². The number of fused-ring (bicyclic) bond motifs is 1. The van der Waals surface area contributed by atoms with Crippen LogP contribution in [0.25, 0.3) is 0 Å². The minimum absolute atomic E-state index is 0.0382. The first-order valence-electron chi connectivity index (χ1n) is 12.8. The first kappa shape index (κ1) is 27.4. The number of allylic oxidation sites excluding steroid dienone is 1. The van der Waals surface area contributed by atoms with Gasteiger partial charge in [-0.2, -0.15) is 0 Å². The van der Waals surface area contributed by atoms with Crippen molar-refractivity contribution in [1.82, 2.24) is 0 Å². The summed E-state index contributed by atoms with van der Waals surface area (Å²) in [6, 6.07) is 13.3. The Hall–Kier alpha value is -3.65. The van der Waals surface area contributed by atoms with Crippen molar-refractivity contribution >= 4 is 17.5 Å². The predicted molar refractivity (Wildman–Crippen MR) is 143 cm³/mol. The number of methoxy groups -OCH3 is 3. The zero-order valence-electron chi connectivity index (χ0n) is 22.6. The summed E-state index contributed by atoms with van der Waals surface area (Å²) in [6.45, 7) is 4.64. The van der Waals surface area contributed by atoms with Crippen LogP contribution in [0.3, 0.4) is 0 Å². The topological polar surface area (TPSA) is 92.7 Å². The van der Waals surface area contributed by atoms with E-state index in [-0.39, 0.29) is 24.9 Å². The summed E-state index contributed by atoms with van der Waals surface area (Å²) in [4.78, 5) is 32.0. The number of carbonyl (C=O) groups is 2. The molecular formula is C30H35NO7. The summed E-state index contributed by atoms with van der Waals surface area (Å²) >= 11 is 0. The first-order valence-corrected chi connectivity index (χ1v) is 12.8. The van der Waals surface area contributed by atoms with E-state index in [0.717, 1.165) is 16.8 Å². The highest BCUT2D eigenvalue weighted by molar-refractivity contribution is 6.12. The van der Waals surface area contributed by atoms with E-state index in [1.54, 1.807) is 28.3 Å². The summed E-state index contributed by atoms with van der Waals surface area (Å²) in [5.41, 5.74) is 3.55. The van der Waals surface area contributed by atoms with Crippen molar-refractivity contribution in [3.8, 4) is 17.2 Å². The maximum Gasteiger partial charge on any atom is 0.336 e. The molecule has 3 atom stereocenters. The Labute approximate surface area is 223 Å². The molecule has 1 aliphatic heterocycles. The lowest BCUT2D eigenvalue weighted by Crippen LogP contribution is -2.41. The van der Waals surface area contributed by atoms with E-state index < -0.39 is 17.8 Å². The Bertz CT molecular complexity index is 1250. The Kier molecular flexibility index (Phi) is 8.84. The number of rotatable bonds is 10. The molecule has 0 saturated heterocycles. The average Bonchev–Trinajstić information content (AvgIpc) is 2.92. The van der Waals surface area contributed by atoms with Crippen molar-refractivity contribution in [1.29, 1.82) is 0 Å². The van der Waals surface area contributed by atoms with Gasteiger partial charge >= 0.3 is 5.97 Å². The van der Waals surface area contributed by atoms with E-state index in [2.05, 4.69) is 0 Å². The van der Waals surface area contributed by atoms with Crippen LogP contribution in [0.2, 0.25) is 0 Å². The maximum absolute atomic E-state index is 13.9. The van der Waals surface area contributed by atoms with Gasteiger partial charge in [-0.3, -0.25) is 9.79 Å². The second kappa shape index (κ2) is 12.3. The summed E-state index contributed by atoms with van der Waals surface area (Å²) in [6.07, 6.45) is 0.919. The predicted octanol–water partition coefficient (Wildman–Crippen LogP) is 4.87. The average molecular weight is 522 g/mol. The first-order chi connectivity index (χ1) is 18.4. The molecule has 0 radical (unpaired) electrons. The zero-order valence-corrected chi connectivity index (χ0v) is 22.6. The number of aliphatic imine (C=N–C) groups is 1.